The number of likely N-dealkylation sites (tertiary alicyclic amines) is 1. The molecule has 0 unspecified atom stereocenters. The molecule has 1 saturated heterocycles. The van der Waals surface area contributed by atoms with E-state index in [9.17, 15) is 9.59 Å². The van der Waals surface area contributed by atoms with E-state index in [1.165, 1.54) is 12.3 Å². The molecule has 6 heteroatoms. The Morgan fingerprint density at radius 3 is 2.75 bits per heavy atom. The second kappa shape index (κ2) is 7.21. The first-order valence-electron chi connectivity index (χ1n) is 6.93. The quantitative estimate of drug-likeness (QED) is 0.819. The van der Waals surface area contributed by atoms with Crippen LogP contribution in [-0.2, 0) is 4.79 Å². The molecule has 20 heavy (non-hydrogen) atoms. The molecule has 110 valence electrons. The molecule has 1 aromatic heterocycles. The molecule has 0 aromatic carbocycles. The molecule has 1 fully saturated rings. The molecule has 2 heterocycles. The van der Waals surface area contributed by atoms with E-state index in [2.05, 4.69) is 15.5 Å². The van der Waals surface area contributed by atoms with Crippen molar-refractivity contribution in [2.45, 2.75) is 12.8 Å². The van der Waals surface area contributed by atoms with Crippen LogP contribution in [0.2, 0.25) is 0 Å². The molecule has 0 saturated carbocycles. The lowest BCUT2D eigenvalue weighted by Crippen LogP contribution is -2.44. The van der Waals surface area contributed by atoms with E-state index in [4.69, 9.17) is 4.42 Å². The van der Waals surface area contributed by atoms with Crippen molar-refractivity contribution in [1.82, 2.24) is 15.5 Å². The predicted molar refractivity (Wildman–Crippen MR) is 74.3 cm³/mol. The Hall–Kier alpha value is -1.66. The van der Waals surface area contributed by atoms with Crippen molar-refractivity contribution in [2.24, 2.45) is 5.92 Å². The molecular weight excluding hydrogens is 258 g/mol. The van der Waals surface area contributed by atoms with Crippen molar-refractivity contribution >= 4 is 11.8 Å². The molecule has 0 aliphatic carbocycles. The van der Waals surface area contributed by atoms with E-state index in [0.29, 0.717) is 5.92 Å². The van der Waals surface area contributed by atoms with Crippen LogP contribution in [0.1, 0.15) is 23.4 Å². The first-order chi connectivity index (χ1) is 9.69. The van der Waals surface area contributed by atoms with Gasteiger partial charge in [-0.15, -0.1) is 0 Å². The lowest BCUT2D eigenvalue weighted by molar-refractivity contribution is -0.121. The minimum Gasteiger partial charge on any atom is -0.459 e. The maximum Gasteiger partial charge on any atom is 0.293 e. The van der Waals surface area contributed by atoms with E-state index in [1.807, 2.05) is 7.05 Å². The highest BCUT2D eigenvalue weighted by Crippen LogP contribution is 2.15. The lowest BCUT2D eigenvalue weighted by atomic mass is 9.97. The number of hydrogen-bond acceptors (Lipinski definition) is 5. The van der Waals surface area contributed by atoms with Crippen molar-refractivity contribution in [3.8, 4) is 0 Å². The maximum absolute atomic E-state index is 11.8. The van der Waals surface area contributed by atoms with Crippen LogP contribution >= 0.6 is 0 Å². The molecular formula is C14H21N3O3. The first kappa shape index (κ1) is 14.7. The summed E-state index contributed by atoms with van der Waals surface area (Å²) in [4.78, 5) is 25.5. The van der Waals surface area contributed by atoms with Crippen LogP contribution in [-0.4, -0.2) is 49.9 Å². The highest BCUT2D eigenvalue weighted by atomic mass is 16.3. The van der Waals surface area contributed by atoms with Crippen LogP contribution in [0.3, 0.4) is 0 Å². The maximum atomic E-state index is 11.8. The van der Waals surface area contributed by atoms with Gasteiger partial charge < -0.3 is 9.73 Å². The fourth-order valence-corrected chi connectivity index (χ4v) is 2.48. The van der Waals surface area contributed by atoms with Gasteiger partial charge in [0, 0.05) is 0 Å². The summed E-state index contributed by atoms with van der Waals surface area (Å²) in [6, 6.07) is 3.15. The van der Waals surface area contributed by atoms with Gasteiger partial charge in [-0.1, -0.05) is 0 Å². The monoisotopic (exact) mass is 279 g/mol. The summed E-state index contributed by atoms with van der Waals surface area (Å²) in [5.41, 5.74) is 0. The normalized spacial score (nSPS) is 17.1. The van der Waals surface area contributed by atoms with E-state index < -0.39 is 5.91 Å². The minimum absolute atomic E-state index is 0.158. The molecule has 0 spiro atoms. The Morgan fingerprint density at radius 2 is 2.15 bits per heavy atom. The van der Waals surface area contributed by atoms with Crippen molar-refractivity contribution < 1.29 is 14.0 Å². The molecule has 0 atom stereocenters. The van der Waals surface area contributed by atoms with Gasteiger partial charge in [0.15, 0.2) is 5.76 Å². The van der Waals surface area contributed by atoms with Gasteiger partial charge in [0.25, 0.3) is 5.91 Å². The number of piperidine rings is 1. The lowest BCUT2D eigenvalue weighted by Gasteiger charge is -2.31. The Kier molecular flexibility index (Phi) is 5.31. The molecule has 1 aliphatic heterocycles. The summed E-state index contributed by atoms with van der Waals surface area (Å²) in [5.74, 6) is 0.0821. The fourth-order valence-electron chi connectivity index (χ4n) is 2.48. The zero-order chi connectivity index (χ0) is 14.4. The average molecular weight is 279 g/mol. The van der Waals surface area contributed by atoms with Gasteiger partial charge in [0.2, 0.25) is 5.91 Å². The van der Waals surface area contributed by atoms with E-state index in [1.54, 1.807) is 6.07 Å². The van der Waals surface area contributed by atoms with E-state index >= 15 is 0 Å². The van der Waals surface area contributed by atoms with Crippen LogP contribution in [0.5, 0.6) is 0 Å². The Morgan fingerprint density at radius 1 is 1.40 bits per heavy atom. The van der Waals surface area contributed by atoms with Crippen LogP contribution in [0, 0.1) is 5.92 Å². The largest absolute Gasteiger partial charge is 0.459 e. The molecule has 6 nitrogen and oxygen atoms in total. The van der Waals surface area contributed by atoms with E-state index in [-0.39, 0.29) is 18.2 Å². The number of carbonyl (C=O) groups is 2. The Labute approximate surface area is 118 Å². The zero-order valence-electron chi connectivity index (χ0n) is 11.7. The standard InChI is InChI=1S/C14H21N3O3/c1-15-9-11-4-6-17(7-5-11)10-13(18)16-14(19)12-3-2-8-20-12/h2-3,8,11,15H,4-7,9-10H2,1H3,(H,16,18,19). The minimum atomic E-state index is -0.481. The van der Waals surface area contributed by atoms with Crippen LogP contribution in [0.15, 0.2) is 22.8 Å². The predicted octanol–water partition coefficient (Wildman–Crippen LogP) is 0.467. The molecule has 0 bridgehead atoms. The fraction of sp³-hybridized carbons (Fsp3) is 0.571. The van der Waals surface area contributed by atoms with Gasteiger partial charge in [-0.05, 0) is 57.6 Å². The summed E-state index contributed by atoms with van der Waals surface area (Å²) in [7, 11) is 1.96. The number of nitrogens with one attached hydrogen (secondary N) is 2. The highest BCUT2D eigenvalue weighted by Gasteiger charge is 2.21. The molecule has 2 N–H and O–H groups in total. The van der Waals surface area contributed by atoms with Gasteiger partial charge in [0.05, 0.1) is 12.8 Å². The highest BCUT2D eigenvalue weighted by molar-refractivity contribution is 6.03. The molecule has 1 aliphatic rings. The third-order valence-corrected chi connectivity index (χ3v) is 3.57. The van der Waals surface area contributed by atoms with Gasteiger partial charge >= 0.3 is 0 Å². The summed E-state index contributed by atoms with van der Waals surface area (Å²) >= 11 is 0. The van der Waals surface area contributed by atoms with E-state index in [0.717, 1.165) is 32.5 Å². The second-order valence-corrected chi connectivity index (χ2v) is 5.13. The second-order valence-electron chi connectivity index (χ2n) is 5.13. The molecule has 1 aromatic rings. The third-order valence-electron chi connectivity index (χ3n) is 3.57. The van der Waals surface area contributed by atoms with Crippen LogP contribution in [0.25, 0.3) is 0 Å². The number of furan rings is 1. The smallest absolute Gasteiger partial charge is 0.293 e. The molecule has 2 rings (SSSR count). The van der Waals surface area contributed by atoms with Crippen LogP contribution in [0.4, 0.5) is 0 Å². The topological polar surface area (TPSA) is 74.6 Å². The summed E-state index contributed by atoms with van der Waals surface area (Å²) in [6.45, 7) is 3.08. The van der Waals surface area contributed by atoms with Gasteiger partial charge in [-0.3, -0.25) is 19.8 Å². The number of amides is 2. The molecule has 0 radical (unpaired) electrons. The van der Waals surface area contributed by atoms with Crippen molar-refractivity contribution in [3.63, 3.8) is 0 Å². The van der Waals surface area contributed by atoms with Crippen LogP contribution < -0.4 is 10.6 Å². The average Bonchev–Trinajstić information content (AvgIpc) is 2.95. The number of rotatable bonds is 5. The van der Waals surface area contributed by atoms with Gasteiger partial charge in [-0.2, -0.15) is 0 Å². The number of hydrogen-bond donors (Lipinski definition) is 2. The SMILES string of the molecule is CNCC1CCN(CC(=O)NC(=O)c2ccco2)CC1. The zero-order valence-corrected chi connectivity index (χ0v) is 11.7. The number of nitrogens with zero attached hydrogens (tertiary/aromatic N) is 1. The number of carbonyl (C=O) groups excluding carboxylic acids is 2. The Bertz CT molecular complexity index is 437. The van der Waals surface area contributed by atoms with Crippen molar-refractivity contribution in [1.29, 1.82) is 0 Å². The van der Waals surface area contributed by atoms with Gasteiger partial charge in [0.1, 0.15) is 0 Å². The third kappa shape index (κ3) is 4.18. The molecule has 2 amide bonds. The van der Waals surface area contributed by atoms with Crippen molar-refractivity contribution in [2.75, 3.05) is 33.2 Å². The summed E-state index contributed by atoms with van der Waals surface area (Å²) < 4.78 is 4.94. The Balaban J connectivity index is 1.71. The summed E-state index contributed by atoms with van der Waals surface area (Å²) in [5, 5.41) is 5.52. The summed E-state index contributed by atoms with van der Waals surface area (Å²) in [6.07, 6.45) is 3.58. The number of imide groups is 1. The van der Waals surface area contributed by atoms with Gasteiger partial charge in [-0.25, -0.2) is 0 Å². The van der Waals surface area contributed by atoms with Crippen molar-refractivity contribution in [3.05, 3.63) is 24.2 Å². The first-order valence-corrected chi connectivity index (χ1v) is 6.93.